The molecule has 0 aliphatic rings. The Morgan fingerprint density at radius 2 is 2.18 bits per heavy atom. The van der Waals surface area contributed by atoms with Crippen LogP contribution in [0.2, 0.25) is 0 Å². The van der Waals surface area contributed by atoms with Crippen LogP contribution < -0.4 is 11.1 Å². The van der Waals surface area contributed by atoms with E-state index in [1.165, 1.54) is 12.1 Å². The Morgan fingerprint density at radius 3 is 2.82 bits per heavy atom. The van der Waals surface area contributed by atoms with Gasteiger partial charge in [-0.2, -0.15) is 0 Å². The zero-order chi connectivity index (χ0) is 12.7. The standard InChI is InChI=1S/C10H15N3O4/c11-8-5-9(7-10(6-8)13(15)16)12-1-3-17-4-2-14/h5-7,12,14H,1-4,11H2. The lowest BCUT2D eigenvalue weighted by Crippen LogP contribution is -2.11. The molecule has 0 aromatic heterocycles. The molecule has 0 atom stereocenters. The molecule has 0 aliphatic carbocycles. The number of nitro benzene ring substituents is 1. The lowest BCUT2D eigenvalue weighted by atomic mass is 10.2. The van der Waals surface area contributed by atoms with Crippen LogP contribution in [0.1, 0.15) is 0 Å². The number of nitrogens with zero attached hydrogens (tertiary/aromatic N) is 1. The molecule has 1 aromatic carbocycles. The summed E-state index contributed by atoms with van der Waals surface area (Å²) in [6, 6.07) is 4.31. The molecule has 0 amide bonds. The first kappa shape index (κ1) is 13.2. The Balaban J connectivity index is 2.50. The quantitative estimate of drug-likeness (QED) is 0.279. The maximum absolute atomic E-state index is 10.6. The molecule has 1 rings (SSSR count). The largest absolute Gasteiger partial charge is 0.398 e. The number of ether oxygens (including phenoxy) is 1. The van der Waals surface area contributed by atoms with E-state index in [0.717, 1.165) is 0 Å². The van der Waals surface area contributed by atoms with Crippen LogP contribution in [0.4, 0.5) is 17.1 Å². The van der Waals surface area contributed by atoms with Crippen molar-refractivity contribution in [1.82, 2.24) is 0 Å². The molecule has 4 N–H and O–H groups in total. The Labute approximate surface area is 98.3 Å². The van der Waals surface area contributed by atoms with Crippen LogP contribution in [0.5, 0.6) is 0 Å². The number of hydrogen-bond donors (Lipinski definition) is 3. The summed E-state index contributed by atoms with van der Waals surface area (Å²) in [5.74, 6) is 0. The molecule has 7 heteroatoms. The minimum Gasteiger partial charge on any atom is -0.398 e. The number of nitrogens with two attached hydrogens (primary N) is 1. The summed E-state index contributed by atoms with van der Waals surface area (Å²) in [5.41, 5.74) is 6.39. The van der Waals surface area contributed by atoms with Crippen molar-refractivity contribution in [2.45, 2.75) is 0 Å². The molecule has 0 bridgehead atoms. The predicted octanol–water partition coefficient (Wildman–Crippen LogP) is 0.598. The number of nitro groups is 1. The summed E-state index contributed by atoms with van der Waals surface area (Å²) in [7, 11) is 0. The van der Waals surface area contributed by atoms with Crippen molar-refractivity contribution in [2.24, 2.45) is 0 Å². The number of anilines is 2. The average Bonchev–Trinajstić information content (AvgIpc) is 2.28. The number of aliphatic hydroxyl groups is 1. The molecule has 0 radical (unpaired) electrons. The van der Waals surface area contributed by atoms with Crippen molar-refractivity contribution >= 4 is 17.1 Å². The van der Waals surface area contributed by atoms with Crippen LogP contribution in [0.3, 0.4) is 0 Å². The molecule has 1 aromatic rings. The van der Waals surface area contributed by atoms with E-state index in [9.17, 15) is 10.1 Å². The summed E-state index contributed by atoms with van der Waals surface area (Å²) < 4.78 is 5.03. The maximum atomic E-state index is 10.6. The zero-order valence-electron chi connectivity index (χ0n) is 9.26. The minimum atomic E-state index is -0.496. The molecule has 0 unspecified atom stereocenters. The number of rotatable bonds is 7. The van der Waals surface area contributed by atoms with Crippen molar-refractivity contribution in [3.63, 3.8) is 0 Å². The molecular weight excluding hydrogens is 226 g/mol. The third-order valence-electron chi connectivity index (χ3n) is 1.96. The molecule has 0 fully saturated rings. The molecular formula is C10H15N3O4. The highest BCUT2D eigenvalue weighted by molar-refractivity contribution is 5.61. The minimum absolute atomic E-state index is 0.0241. The summed E-state index contributed by atoms with van der Waals surface area (Å²) in [6.07, 6.45) is 0. The van der Waals surface area contributed by atoms with Gasteiger partial charge in [0.25, 0.3) is 5.69 Å². The Morgan fingerprint density at radius 1 is 1.41 bits per heavy atom. The average molecular weight is 241 g/mol. The van der Waals surface area contributed by atoms with E-state index < -0.39 is 4.92 Å². The van der Waals surface area contributed by atoms with Gasteiger partial charge in [0.05, 0.1) is 24.7 Å². The van der Waals surface area contributed by atoms with E-state index >= 15 is 0 Å². The first-order chi connectivity index (χ1) is 8.13. The number of hydrogen-bond acceptors (Lipinski definition) is 6. The number of nitrogens with one attached hydrogen (secondary N) is 1. The van der Waals surface area contributed by atoms with Gasteiger partial charge < -0.3 is 20.9 Å². The number of nitrogen functional groups attached to an aromatic ring is 1. The van der Waals surface area contributed by atoms with Crippen LogP contribution >= 0.6 is 0 Å². The van der Waals surface area contributed by atoms with Crippen molar-refractivity contribution < 1.29 is 14.8 Å². The summed E-state index contributed by atoms with van der Waals surface area (Å²) in [5, 5.41) is 22.0. The van der Waals surface area contributed by atoms with Gasteiger partial charge in [0, 0.05) is 30.1 Å². The highest BCUT2D eigenvalue weighted by atomic mass is 16.6. The summed E-state index contributed by atoms with van der Waals surface area (Å²) in [4.78, 5) is 10.1. The van der Waals surface area contributed by atoms with E-state index in [-0.39, 0.29) is 18.9 Å². The van der Waals surface area contributed by atoms with Crippen molar-refractivity contribution in [3.05, 3.63) is 28.3 Å². The zero-order valence-corrected chi connectivity index (χ0v) is 9.26. The SMILES string of the molecule is Nc1cc(NCCOCCO)cc([N+](=O)[O-])c1. The van der Waals surface area contributed by atoms with Gasteiger partial charge in [-0.3, -0.25) is 10.1 Å². The fraction of sp³-hybridized carbons (Fsp3) is 0.400. The summed E-state index contributed by atoms with van der Waals surface area (Å²) in [6.45, 7) is 1.15. The van der Waals surface area contributed by atoms with Crippen LogP contribution in [-0.2, 0) is 4.74 Å². The normalized spacial score (nSPS) is 10.2. The summed E-state index contributed by atoms with van der Waals surface area (Å²) >= 11 is 0. The second kappa shape index (κ2) is 6.66. The third-order valence-corrected chi connectivity index (χ3v) is 1.96. The third kappa shape index (κ3) is 4.66. The lowest BCUT2D eigenvalue weighted by molar-refractivity contribution is -0.384. The van der Waals surface area contributed by atoms with E-state index in [2.05, 4.69) is 5.32 Å². The maximum Gasteiger partial charge on any atom is 0.273 e. The molecule has 0 spiro atoms. The second-order valence-electron chi connectivity index (χ2n) is 3.33. The Hall–Kier alpha value is -1.86. The molecule has 17 heavy (non-hydrogen) atoms. The molecule has 0 saturated heterocycles. The van der Waals surface area contributed by atoms with E-state index in [4.69, 9.17) is 15.6 Å². The van der Waals surface area contributed by atoms with Gasteiger partial charge >= 0.3 is 0 Å². The molecule has 94 valence electrons. The van der Waals surface area contributed by atoms with Gasteiger partial charge in [-0.25, -0.2) is 0 Å². The smallest absolute Gasteiger partial charge is 0.273 e. The lowest BCUT2D eigenvalue weighted by Gasteiger charge is -2.07. The van der Waals surface area contributed by atoms with Crippen molar-refractivity contribution in [1.29, 1.82) is 0 Å². The van der Waals surface area contributed by atoms with Gasteiger partial charge in [-0.05, 0) is 6.07 Å². The van der Waals surface area contributed by atoms with E-state index in [1.807, 2.05) is 0 Å². The fourth-order valence-electron chi connectivity index (χ4n) is 1.28. The van der Waals surface area contributed by atoms with Gasteiger partial charge in [-0.1, -0.05) is 0 Å². The van der Waals surface area contributed by atoms with Crippen molar-refractivity contribution in [3.8, 4) is 0 Å². The van der Waals surface area contributed by atoms with Gasteiger partial charge in [-0.15, -0.1) is 0 Å². The number of benzene rings is 1. The molecule has 0 aliphatic heterocycles. The number of non-ortho nitro benzene ring substituents is 1. The predicted molar refractivity (Wildman–Crippen MR) is 63.9 cm³/mol. The first-order valence-electron chi connectivity index (χ1n) is 5.11. The second-order valence-corrected chi connectivity index (χ2v) is 3.33. The fourth-order valence-corrected chi connectivity index (χ4v) is 1.28. The van der Waals surface area contributed by atoms with E-state index in [0.29, 0.717) is 24.5 Å². The number of aliphatic hydroxyl groups excluding tert-OH is 1. The van der Waals surface area contributed by atoms with Crippen LogP contribution in [0, 0.1) is 10.1 Å². The Kier molecular flexibility index (Phi) is 5.18. The van der Waals surface area contributed by atoms with Gasteiger partial charge in [0.15, 0.2) is 0 Å². The van der Waals surface area contributed by atoms with Crippen LogP contribution in [0.15, 0.2) is 18.2 Å². The highest BCUT2D eigenvalue weighted by Crippen LogP contribution is 2.21. The molecule has 0 saturated carbocycles. The van der Waals surface area contributed by atoms with Gasteiger partial charge in [0.2, 0.25) is 0 Å². The topological polar surface area (TPSA) is 111 Å². The van der Waals surface area contributed by atoms with E-state index in [1.54, 1.807) is 6.07 Å². The highest BCUT2D eigenvalue weighted by Gasteiger charge is 2.07. The van der Waals surface area contributed by atoms with Crippen LogP contribution in [0.25, 0.3) is 0 Å². The monoisotopic (exact) mass is 241 g/mol. The van der Waals surface area contributed by atoms with Gasteiger partial charge in [0.1, 0.15) is 0 Å². The van der Waals surface area contributed by atoms with Crippen molar-refractivity contribution in [2.75, 3.05) is 37.4 Å². The molecule has 0 heterocycles. The van der Waals surface area contributed by atoms with Crippen LogP contribution in [-0.4, -0.2) is 36.4 Å². The first-order valence-corrected chi connectivity index (χ1v) is 5.11. The Bertz CT molecular complexity index is 384. The molecule has 7 nitrogen and oxygen atoms in total.